The van der Waals surface area contributed by atoms with Crippen LogP contribution in [0.1, 0.15) is 41.7 Å². The van der Waals surface area contributed by atoms with Crippen LogP contribution in [-0.4, -0.2) is 78.9 Å². The van der Waals surface area contributed by atoms with Gasteiger partial charge in [-0.05, 0) is 44.1 Å². The van der Waals surface area contributed by atoms with Gasteiger partial charge in [0.05, 0.1) is 18.7 Å². The number of aryl methyl sites for hydroxylation is 1. The number of nitrogens with one attached hydrogen (secondary N) is 1. The fourth-order valence-corrected chi connectivity index (χ4v) is 5.76. The van der Waals surface area contributed by atoms with Gasteiger partial charge >= 0.3 is 0 Å². The fourth-order valence-electron chi connectivity index (χ4n) is 4.50. The summed E-state index contributed by atoms with van der Waals surface area (Å²) in [7, 11) is 0. The Morgan fingerprint density at radius 1 is 0.931 bits per heavy atom. The zero-order valence-electron chi connectivity index (χ0n) is 16.9. The number of carbonyl (C=O) groups is 2. The minimum atomic E-state index is -0.0540. The van der Waals surface area contributed by atoms with Crippen molar-refractivity contribution in [1.82, 2.24) is 14.7 Å². The maximum Gasteiger partial charge on any atom is 0.239 e. The second kappa shape index (κ2) is 9.24. The zero-order chi connectivity index (χ0) is 20.2. The van der Waals surface area contributed by atoms with E-state index in [1.807, 2.05) is 4.90 Å². The fraction of sp³-hybridized carbons (Fsp3) is 0.667. The monoisotopic (exact) mass is 415 g/mol. The number of nitrogens with zero attached hydrogens (tertiary/aromatic N) is 4. The van der Waals surface area contributed by atoms with E-state index in [1.54, 1.807) is 11.3 Å². The maximum absolute atomic E-state index is 12.6. The van der Waals surface area contributed by atoms with Crippen molar-refractivity contribution in [1.29, 1.82) is 5.26 Å². The van der Waals surface area contributed by atoms with Crippen molar-refractivity contribution in [2.24, 2.45) is 0 Å². The van der Waals surface area contributed by atoms with E-state index in [0.717, 1.165) is 88.4 Å². The Morgan fingerprint density at radius 3 is 2.28 bits per heavy atom. The normalized spacial score (nSPS) is 20.3. The highest BCUT2D eigenvalue weighted by Gasteiger charge is 2.25. The van der Waals surface area contributed by atoms with Gasteiger partial charge < -0.3 is 10.2 Å². The second-order valence-electron chi connectivity index (χ2n) is 8.22. The molecule has 1 aromatic heterocycles. The van der Waals surface area contributed by atoms with Crippen LogP contribution < -0.4 is 5.32 Å². The quantitative estimate of drug-likeness (QED) is 0.792. The Hall–Kier alpha value is -1.95. The molecule has 0 spiro atoms. The van der Waals surface area contributed by atoms with Crippen molar-refractivity contribution >= 4 is 28.2 Å². The third kappa shape index (κ3) is 4.80. The molecule has 8 heteroatoms. The molecule has 1 N–H and O–H groups in total. The van der Waals surface area contributed by atoms with Crippen LogP contribution in [0, 0.1) is 11.3 Å². The minimum Gasteiger partial charge on any atom is -0.342 e. The highest BCUT2D eigenvalue weighted by Crippen LogP contribution is 2.37. The Balaban J connectivity index is 1.25. The lowest BCUT2D eigenvalue weighted by molar-refractivity contribution is -0.132. The molecule has 0 aromatic carbocycles. The Bertz CT molecular complexity index is 801. The standard InChI is InChI=1S/C21H29N5O2S/c22-13-17-16-5-1-2-6-18(16)29-21(17)23-19(27)14-24-9-11-25(12-10-24)15-20(28)26-7-3-4-8-26/h1-12,14-15H2,(H,23,27). The van der Waals surface area contributed by atoms with E-state index < -0.39 is 0 Å². The first-order valence-electron chi connectivity index (χ1n) is 10.7. The molecule has 1 aromatic rings. The highest BCUT2D eigenvalue weighted by atomic mass is 32.1. The van der Waals surface area contributed by atoms with Crippen molar-refractivity contribution in [2.75, 3.05) is 57.7 Å². The lowest BCUT2D eigenvalue weighted by atomic mass is 9.96. The average molecular weight is 416 g/mol. The maximum atomic E-state index is 12.6. The number of amides is 2. The number of likely N-dealkylation sites (tertiary alicyclic amines) is 1. The van der Waals surface area contributed by atoms with Crippen LogP contribution in [0.2, 0.25) is 0 Å². The molecule has 1 aliphatic carbocycles. The molecule has 0 atom stereocenters. The molecule has 2 saturated heterocycles. The molecule has 0 bridgehead atoms. The van der Waals surface area contributed by atoms with Gasteiger partial charge in [0, 0.05) is 44.1 Å². The molecule has 0 radical (unpaired) electrons. The molecule has 7 nitrogen and oxygen atoms in total. The lowest BCUT2D eigenvalue weighted by Crippen LogP contribution is -2.51. The zero-order valence-corrected chi connectivity index (χ0v) is 17.7. The summed E-state index contributed by atoms with van der Waals surface area (Å²) in [6, 6.07) is 2.30. The van der Waals surface area contributed by atoms with Gasteiger partial charge in [-0.3, -0.25) is 19.4 Å². The van der Waals surface area contributed by atoms with Crippen LogP contribution in [0.15, 0.2) is 0 Å². The molecule has 3 aliphatic rings. The SMILES string of the molecule is N#Cc1c(NC(=O)CN2CCN(CC(=O)N3CCCC3)CC2)sc2c1CCCC2. The summed E-state index contributed by atoms with van der Waals surface area (Å²) >= 11 is 1.57. The van der Waals surface area contributed by atoms with Gasteiger partial charge in [-0.15, -0.1) is 11.3 Å². The second-order valence-corrected chi connectivity index (χ2v) is 9.32. The van der Waals surface area contributed by atoms with Crippen molar-refractivity contribution in [2.45, 2.75) is 38.5 Å². The third-order valence-electron chi connectivity index (χ3n) is 6.19. The smallest absolute Gasteiger partial charge is 0.239 e. The summed E-state index contributed by atoms with van der Waals surface area (Å²) < 4.78 is 0. The molecule has 29 heavy (non-hydrogen) atoms. The van der Waals surface area contributed by atoms with Crippen LogP contribution in [-0.2, 0) is 22.4 Å². The lowest BCUT2D eigenvalue weighted by Gasteiger charge is -2.34. The molecule has 156 valence electrons. The van der Waals surface area contributed by atoms with Crippen LogP contribution in [0.25, 0.3) is 0 Å². The number of thiophene rings is 1. The molecule has 4 rings (SSSR count). The van der Waals surface area contributed by atoms with E-state index in [1.165, 1.54) is 4.88 Å². The van der Waals surface area contributed by atoms with Gasteiger partial charge in [0.25, 0.3) is 0 Å². The number of nitriles is 1. The molecular weight excluding hydrogens is 386 g/mol. The summed E-state index contributed by atoms with van der Waals surface area (Å²) in [6.07, 6.45) is 6.49. The van der Waals surface area contributed by atoms with E-state index in [9.17, 15) is 14.9 Å². The molecule has 0 unspecified atom stereocenters. The topological polar surface area (TPSA) is 79.7 Å². The summed E-state index contributed by atoms with van der Waals surface area (Å²) in [4.78, 5) is 32.4. The number of fused-ring (bicyclic) bond motifs is 1. The van der Waals surface area contributed by atoms with E-state index in [-0.39, 0.29) is 11.8 Å². The van der Waals surface area contributed by atoms with Gasteiger partial charge in [0.1, 0.15) is 11.1 Å². The van der Waals surface area contributed by atoms with E-state index in [2.05, 4.69) is 21.2 Å². The Kier molecular flexibility index (Phi) is 6.48. The number of anilines is 1. The van der Waals surface area contributed by atoms with Crippen molar-refractivity contribution in [3.05, 3.63) is 16.0 Å². The van der Waals surface area contributed by atoms with E-state index in [0.29, 0.717) is 18.7 Å². The average Bonchev–Trinajstić information content (AvgIpc) is 3.37. The number of hydrogen-bond donors (Lipinski definition) is 1. The third-order valence-corrected chi connectivity index (χ3v) is 7.39. The first-order chi connectivity index (χ1) is 14.1. The first-order valence-corrected chi connectivity index (χ1v) is 11.5. The van der Waals surface area contributed by atoms with Crippen LogP contribution in [0.3, 0.4) is 0 Å². The number of hydrogen-bond acceptors (Lipinski definition) is 6. The Labute approximate surface area is 176 Å². The van der Waals surface area contributed by atoms with E-state index >= 15 is 0 Å². The number of carbonyl (C=O) groups excluding carboxylic acids is 2. The minimum absolute atomic E-state index is 0.0540. The van der Waals surface area contributed by atoms with Crippen molar-refractivity contribution < 1.29 is 9.59 Å². The molecule has 0 saturated carbocycles. The van der Waals surface area contributed by atoms with Crippen molar-refractivity contribution in [3.8, 4) is 6.07 Å². The van der Waals surface area contributed by atoms with Crippen molar-refractivity contribution in [3.63, 3.8) is 0 Å². The van der Waals surface area contributed by atoms with Crippen LogP contribution in [0.5, 0.6) is 0 Å². The van der Waals surface area contributed by atoms with Crippen LogP contribution >= 0.6 is 11.3 Å². The number of piperazine rings is 1. The first kappa shape index (κ1) is 20.3. The van der Waals surface area contributed by atoms with Gasteiger partial charge in [0.2, 0.25) is 11.8 Å². The predicted molar refractivity (Wildman–Crippen MR) is 113 cm³/mol. The highest BCUT2D eigenvalue weighted by molar-refractivity contribution is 7.16. The van der Waals surface area contributed by atoms with Gasteiger partial charge in [-0.2, -0.15) is 5.26 Å². The van der Waals surface area contributed by atoms with Crippen LogP contribution in [0.4, 0.5) is 5.00 Å². The summed E-state index contributed by atoms with van der Waals surface area (Å²) in [5.74, 6) is 0.182. The van der Waals surface area contributed by atoms with E-state index in [4.69, 9.17) is 0 Å². The van der Waals surface area contributed by atoms with Gasteiger partial charge in [-0.1, -0.05) is 0 Å². The molecule has 2 amide bonds. The molecule has 2 fully saturated rings. The molecule has 3 heterocycles. The summed E-state index contributed by atoms with van der Waals surface area (Å²) in [6.45, 7) is 5.81. The Morgan fingerprint density at radius 2 is 1.59 bits per heavy atom. The summed E-state index contributed by atoms with van der Waals surface area (Å²) in [5, 5.41) is 13.2. The predicted octanol–water partition coefficient (Wildman–Crippen LogP) is 1.68. The molecular formula is C21H29N5O2S. The largest absolute Gasteiger partial charge is 0.342 e. The van der Waals surface area contributed by atoms with Gasteiger partial charge in [0.15, 0.2) is 0 Å². The summed E-state index contributed by atoms with van der Waals surface area (Å²) in [5.41, 5.74) is 1.82. The van der Waals surface area contributed by atoms with Gasteiger partial charge in [-0.25, -0.2) is 0 Å². The number of rotatable bonds is 5. The molecule has 2 aliphatic heterocycles.